The molecule has 7 heteroatoms. The minimum absolute atomic E-state index is 0.0588. The van der Waals surface area contributed by atoms with Gasteiger partial charge in [0.15, 0.2) is 0 Å². The van der Waals surface area contributed by atoms with Crippen LogP contribution in [0.4, 0.5) is 23.7 Å². The summed E-state index contributed by atoms with van der Waals surface area (Å²) in [6, 6.07) is 21.6. The van der Waals surface area contributed by atoms with Gasteiger partial charge in [-0.1, -0.05) is 72.3 Å². The highest BCUT2D eigenvalue weighted by Gasteiger charge is 2.34. The Bertz CT molecular complexity index is 923. The normalized spacial score (nSPS) is 11.3. The van der Waals surface area contributed by atoms with Gasteiger partial charge in [-0.2, -0.15) is 13.2 Å². The Kier molecular flexibility index (Phi) is 6.44. The van der Waals surface area contributed by atoms with Gasteiger partial charge < -0.3 is 10.6 Å². The van der Waals surface area contributed by atoms with E-state index < -0.39 is 17.8 Å². The molecule has 0 bridgehead atoms. The largest absolute Gasteiger partial charge is 0.418 e. The van der Waals surface area contributed by atoms with Gasteiger partial charge in [-0.15, -0.1) is 0 Å². The molecule has 0 radical (unpaired) electrons. The van der Waals surface area contributed by atoms with E-state index in [1.807, 2.05) is 60.7 Å². The van der Waals surface area contributed by atoms with E-state index in [1.54, 1.807) is 0 Å². The van der Waals surface area contributed by atoms with Crippen LogP contribution in [0.1, 0.15) is 22.6 Å². The predicted molar refractivity (Wildman–Crippen MR) is 108 cm³/mol. The van der Waals surface area contributed by atoms with Crippen molar-refractivity contribution in [1.29, 1.82) is 0 Å². The fraction of sp³-hybridized carbons (Fsp3) is 0.136. The fourth-order valence-electron chi connectivity index (χ4n) is 3.02. The zero-order chi connectivity index (χ0) is 20.9. The van der Waals surface area contributed by atoms with Crippen LogP contribution in [0, 0.1) is 0 Å². The molecule has 0 fully saturated rings. The molecule has 150 valence electrons. The number of hydrogen-bond donors (Lipinski definition) is 2. The maximum absolute atomic E-state index is 13.2. The van der Waals surface area contributed by atoms with E-state index in [2.05, 4.69) is 10.6 Å². The summed E-state index contributed by atoms with van der Waals surface area (Å²) in [6.45, 7) is 0.217. The Balaban J connectivity index is 1.75. The third-order valence-electron chi connectivity index (χ3n) is 4.41. The Labute approximate surface area is 171 Å². The van der Waals surface area contributed by atoms with Gasteiger partial charge in [0, 0.05) is 17.5 Å². The van der Waals surface area contributed by atoms with E-state index in [0.717, 1.165) is 23.3 Å². The average molecular weight is 419 g/mol. The van der Waals surface area contributed by atoms with Crippen molar-refractivity contribution in [2.24, 2.45) is 0 Å². The van der Waals surface area contributed by atoms with Gasteiger partial charge in [0.1, 0.15) is 0 Å². The van der Waals surface area contributed by atoms with Gasteiger partial charge in [-0.3, -0.25) is 0 Å². The second kappa shape index (κ2) is 9.01. The van der Waals surface area contributed by atoms with E-state index in [-0.39, 0.29) is 23.2 Å². The summed E-state index contributed by atoms with van der Waals surface area (Å²) in [5.74, 6) is -0.143. The molecular formula is C22H18ClF3N2O. The number of carbonyl (C=O) groups is 1. The zero-order valence-electron chi connectivity index (χ0n) is 15.2. The van der Waals surface area contributed by atoms with E-state index in [1.165, 1.54) is 6.07 Å². The standard InChI is InChI=1S/C22H18ClF3N2O/c23-17-11-12-20(19(13-17)22(24,25)26)28-21(29)27-14-18(15-7-3-1-4-8-15)16-9-5-2-6-10-16/h1-13,18H,14H2,(H2,27,28,29). The molecule has 0 spiro atoms. The van der Waals surface area contributed by atoms with E-state index in [9.17, 15) is 18.0 Å². The number of benzene rings is 3. The molecule has 2 amide bonds. The topological polar surface area (TPSA) is 41.1 Å². The lowest BCUT2D eigenvalue weighted by molar-refractivity contribution is -0.136. The molecule has 0 saturated carbocycles. The number of urea groups is 1. The summed E-state index contributed by atoms with van der Waals surface area (Å²) in [6.07, 6.45) is -4.63. The number of rotatable bonds is 5. The molecule has 0 aliphatic rings. The molecule has 3 nitrogen and oxygen atoms in total. The molecule has 0 saturated heterocycles. The van der Waals surface area contributed by atoms with Crippen LogP contribution >= 0.6 is 11.6 Å². The Hall–Kier alpha value is -2.99. The van der Waals surface area contributed by atoms with Crippen molar-refractivity contribution < 1.29 is 18.0 Å². The Morgan fingerprint density at radius 1 is 0.897 bits per heavy atom. The van der Waals surface area contributed by atoms with Gasteiger partial charge >= 0.3 is 12.2 Å². The third kappa shape index (κ3) is 5.51. The molecular weight excluding hydrogens is 401 g/mol. The number of amides is 2. The van der Waals surface area contributed by atoms with Crippen LogP contribution in [0.3, 0.4) is 0 Å². The minimum Gasteiger partial charge on any atom is -0.337 e. The summed E-state index contributed by atoms with van der Waals surface area (Å²) in [7, 11) is 0. The summed E-state index contributed by atoms with van der Waals surface area (Å²) in [5, 5.41) is 4.89. The third-order valence-corrected chi connectivity index (χ3v) is 4.64. The minimum atomic E-state index is -4.63. The van der Waals surface area contributed by atoms with Gasteiger partial charge in [-0.05, 0) is 29.3 Å². The van der Waals surface area contributed by atoms with E-state index in [0.29, 0.717) is 0 Å². The van der Waals surface area contributed by atoms with E-state index >= 15 is 0 Å². The van der Waals surface area contributed by atoms with Gasteiger partial charge in [0.25, 0.3) is 0 Å². The number of hydrogen-bond acceptors (Lipinski definition) is 1. The molecule has 3 aromatic rings. The van der Waals surface area contributed by atoms with Crippen LogP contribution in [-0.4, -0.2) is 12.6 Å². The van der Waals surface area contributed by atoms with Gasteiger partial charge in [0.2, 0.25) is 0 Å². The first-order chi connectivity index (χ1) is 13.8. The highest BCUT2D eigenvalue weighted by Crippen LogP contribution is 2.36. The lowest BCUT2D eigenvalue weighted by Gasteiger charge is -2.20. The van der Waals surface area contributed by atoms with Crippen LogP contribution in [-0.2, 0) is 6.18 Å². The van der Waals surface area contributed by atoms with Crippen LogP contribution in [0.5, 0.6) is 0 Å². The smallest absolute Gasteiger partial charge is 0.337 e. The number of nitrogens with one attached hydrogen (secondary N) is 2. The van der Waals surface area contributed by atoms with Crippen LogP contribution < -0.4 is 10.6 Å². The molecule has 0 atom stereocenters. The van der Waals surface area contributed by atoms with Gasteiger partial charge in [0.05, 0.1) is 11.3 Å². The van der Waals surface area contributed by atoms with Crippen LogP contribution in [0.15, 0.2) is 78.9 Å². The molecule has 0 heterocycles. The zero-order valence-corrected chi connectivity index (χ0v) is 16.0. The first kappa shape index (κ1) is 20.7. The second-order valence-corrected chi connectivity index (χ2v) is 6.83. The van der Waals surface area contributed by atoms with Gasteiger partial charge in [-0.25, -0.2) is 4.79 Å². The lowest BCUT2D eigenvalue weighted by atomic mass is 9.91. The molecule has 3 rings (SSSR count). The van der Waals surface area contributed by atoms with Crippen LogP contribution in [0.25, 0.3) is 0 Å². The molecule has 0 aromatic heterocycles. The quantitative estimate of drug-likeness (QED) is 0.500. The number of alkyl halides is 3. The average Bonchev–Trinajstić information content (AvgIpc) is 2.70. The summed E-state index contributed by atoms with van der Waals surface area (Å²) in [4.78, 5) is 12.3. The molecule has 2 N–H and O–H groups in total. The summed E-state index contributed by atoms with van der Waals surface area (Å²) in [5.41, 5.74) is 0.626. The first-order valence-corrected chi connectivity index (χ1v) is 9.24. The highest BCUT2D eigenvalue weighted by molar-refractivity contribution is 6.30. The lowest BCUT2D eigenvalue weighted by Crippen LogP contribution is -2.33. The highest BCUT2D eigenvalue weighted by atomic mass is 35.5. The number of carbonyl (C=O) groups excluding carboxylic acids is 1. The number of anilines is 1. The van der Waals surface area contributed by atoms with Crippen molar-refractivity contribution in [2.45, 2.75) is 12.1 Å². The SMILES string of the molecule is O=C(NCC(c1ccccc1)c1ccccc1)Nc1ccc(Cl)cc1C(F)(F)F. The predicted octanol–water partition coefficient (Wildman–Crippen LogP) is 6.31. The van der Waals surface area contributed by atoms with Crippen molar-refractivity contribution in [2.75, 3.05) is 11.9 Å². The summed E-state index contributed by atoms with van der Waals surface area (Å²) >= 11 is 5.67. The maximum Gasteiger partial charge on any atom is 0.418 e. The van der Waals surface area contributed by atoms with Crippen molar-refractivity contribution in [3.63, 3.8) is 0 Å². The Morgan fingerprint density at radius 3 is 1.97 bits per heavy atom. The molecule has 0 aliphatic carbocycles. The van der Waals surface area contributed by atoms with Crippen LogP contribution in [0.2, 0.25) is 5.02 Å². The van der Waals surface area contributed by atoms with Crippen molar-refractivity contribution in [3.8, 4) is 0 Å². The number of halogens is 4. The fourth-order valence-corrected chi connectivity index (χ4v) is 3.19. The van der Waals surface area contributed by atoms with Crippen molar-refractivity contribution in [3.05, 3.63) is 101 Å². The van der Waals surface area contributed by atoms with E-state index in [4.69, 9.17) is 11.6 Å². The maximum atomic E-state index is 13.2. The Morgan fingerprint density at radius 2 is 1.45 bits per heavy atom. The summed E-state index contributed by atoms with van der Waals surface area (Å²) < 4.78 is 39.6. The molecule has 0 aliphatic heterocycles. The monoisotopic (exact) mass is 418 g/mol. The molecule has 3 aromatic carbocycles. The van der Waals surface area contributed by atoms with Crippen molar-refractivity contribution in [1.82, 2.24) is 5.32 Å². The molecule has 0 unspecified atom stereocenters. The molecule has 29 heavy (non-hydrogen) atoms. The second-order valence-electron chi connectivity index (χ2n) is 6.40. The van der Waals surface area contributed by atoms with Crippen molar-refractivity contribution >= 4 is 23.3 Å². The first-order valence-electron chi connectivity index (χ1n) is 8.86.